The van der Waals surface area contributed by atoms with Crippen molar-refractivity contribution in [1.82, 2.24) is 0 Å². The number of carbonyl (C=O) groups excluding carboxylic acids is 2. The summed E-state index contributed by atoms with van der Waals surface area (Å²) in [5.41, 5.74) is -0.919. The maximum absolute atomic E-state index is 11.5. The predicted molar refractivity (Wildman–Crippen MR) is 51.8 cm³/mol. The van der Waals surface area contributed by atoms with Gasteiger partial charge in [0, 0.05) is 0 Å². The molecule has 15 heavy (non-hydrogen) atoms. The van der Waals surface area contributed by atoms with Crippen LogP contribution in [0.1, 0.15) is 0 Å². The van der Waals surface area contributed by atoms with Gasteiger partial charge in [-0.2, -0.15) is 0 Å². The first-order chi connectivity index (χ1) is 7.14. The Morgan fingerprint density at radius 1 is 1.60 bits per heavy atom. The lowest BCUT2D eigenvalue weighted by Gasteiger charge is -2.21. The van der Waals surface area contributed by atoms with Crippen LogP contribution in [-0.4, -0.2) is 29.1 Å². The first kappa shape index (κ1) is 9.86. The molecular formula is C11H10O4. The monoisotopic (exact) mass is 206 g/mol. The van der Waals surface area contributed by atoms with Crippen LogP contribution in [0.2, 0.25) is 0 Å². The summed E-state index contributed by atoms with van der Waals surface area (Å²) in [7, 11) is 0. The predicted octanol–water partition coefficient (Wildman–Crippen LogP) is 0.142. The van der Waals surface area contributed by atoms with Gasteiger partial charge in [0.05, 0.1) is 18.1 Å². The summed E-state index contributed by atoms with van der Waals surface area (Å²) in [6.07, 6.45) is 5.66. The molecule has 0 radical (unpaired) electrons. The van der Waals surface area contributed by atoms with E-state index >= 15 is 0 Å². The molecule has 0 aromatic rings. The van der Waals surface area contributed by atoms with E-state index in [1.54, 1.807) is 0 Å². The van der Waals surface area contributed by atoms with Crippen molar-refractivity contribution < 1.29 is 19.4 Å². The number of ketones is 1. The van der Waals surface area contributed by atoms with Gasteiger partial charge in [0.25, 0.3) is 0 Å². The van der Waals surface area contributed by atoms with Crippen molar-refractivity contribution in [1.29, 1.82) is 0 Å². The normalized spacial score (nSPS) is 35.8. The second-order valence-corrected chi connectivity index (χ2v) is 3.53. The van der Waals surface area contributed by atoms with Gasteiger partial charge in [-0.1, -0.05) is 18.7 Å². The molecule has 1 heterocycles. The van der Waals surface area contributed by atoms with Crippen LogP contribution in [-0.2, 0) is 14.3 Å². The highest BCUT2D eigenvalue weighted by Crippen LogP contribution is 2.42. The van der Waals surface area contributed by atoms with E-state index in [4.69, 9.17) is 4.74 Å². The number of fused-ring (bicyclic) bond motifs is 1. The van der Waals surface area contributed by atoms with E-state index in [9.17, 15) is 14.7 Å². The number of hydrogen-bond donors (Lipinski definition) is 1. The molecule has 0 spiro atoms. The maximum Gasteiger partial charge on any atom is 0.335 e. The standard InChI is InChI=1S/C11H10O4/c1-2-3-7-9-8(13)4-5-11(9,6-12)15-10(7)14/h2-5,9,12H,1,6H2/b7-3-/t9-,11-/m1/s1. The largest absolute Gasteiger partial charge is 0.448 e. The van der Waals surface area contributed by atoms with Crippen molar-refractivity contribution >= 4 is 11.8 Å². The van der Waals surface area contributed by atoms with Gasteiger partial charge in [-0.3, -0.25) is 4.79 Å². The number of carbonyl (C=O) groups is 2. The zero-order valence-electron chi connectivity index (χ0n) is 7.97. The third kappa shape index (κ3) is 1.18. The molecule has 1 fully saturated rings. The molecule has 1 N–H and O–H groups in total. The summed E-state index contributed by atoms with van der Waals surface area (Å²) in [5.74, 6) is -1.50. The smallest absolute Gasteiger partial charge is 0.335 e. The molecule has 1 aliphatic heterocycles. The summed E-state index contributed by atoms with van der Waals surface area (Å²) in [4.78, 5) is 23.0. The Kier molecular flexibility index (Phi) is 2.08. The van der Waals surface area contributed by atoms with E-state index in [1.807, 2.05) is 0 Å². The van der Waals surface area contributed by atoms with E-state index in [0.717, 1.165) is 0 Å². The fourth-order valence-corrected chi connectivity index (χ4v) is 1.98. The molecule has 0 aromatic heterocycles. The van der Waals surface area contributed by atoms with Crippen molar-refractivity contribution in [2.45, 2.75) is 5.60 Å². The van der Waals surface area contributed by atoms with Gasteiger partial charge >= 0.3 is 5.97 Å². The lowest BCUT2D eigenvalue weighted by Crippen LogP contribution is -2.37. The molecule has 2 aliphatic rings. The van der Waals surface area contributed by atoms with Gasteiger partial charge in [-0.25, -0.2) is 4.79 Å². The molecule has 0 aromatic carbocycles. The van der Waals surface area contributed by atoms with Crippen LogP contribution in [0.15, 0.2) is 36.5 Å². The van der Waals surface area contributed by atoms with Crippen LogP contribution in [0.25, 0.3) is 0 Å². The molecule has 4 heteroatoms. The van der Waals surface area contributed by atoms with Crippen LogP contribution >= 0.6 is 0 Å². The molecule has 1 aliphatic carbocycles. The number of rotatable bonds is 2. The molecule has 4 nitrogen and oxygen atoms in total. The second kappa shape index (κ2) is 3.17. The first-order valence-corrected chi connectivity index (χ1v) is 4.54. The fraction of sp³-hybridized carbons (Fsp3) is 0.273. The molecule has 0 amide bonds. The lowest BCUT2D eigenvalue weighted by atomic mass is 9.87. The average molecular weight is 206 g/mol. The first-order valence-electron chi connectivity index (χ1n) is 4.54. The van der Waals surface area contributed by atoms with Crippen LogP contribution in [0.3, 0.4) is 0 Å². The lowest BCUT2D eigenvalue weighted by molar-refractivity contribution is -0.146. The molecule has 1 saturated heterocycles. The zero-order valence-corrected chi connectivity index (χ0v) is 7.97. The summed E-state index contributed by atoms with van der Waals surface area (Å²) >= 11 is 0. The molecule has 78 valence electrons. The van der Waals surface area contributed by atoms with Gasteiger partial charge < -0.3 is 9.84 Å². The average Bonchev–Trinajstić information content (AvgIpc) is 2.67. The third-order valence-corrected chi connectivity index (χ3v) is 2.68. The second-order valence-electron chi connectivity index (χ2n) is 3.53. The maximum atomic E-state index is 11.5. The van der Waals surface area contributed by atoms with Crippen molar-refractivity contribution in [3.05, 3.63) is 36.5 Å². The van der Waals surface area contributed by atoms with Crippen LogP contribution in [0, 0.1) is 5.92 Å². The molecule has 0 unspecified atom stereocenters. The quantitative estimate of drug-likeness (QED) is 0.515. The van der Waals surface area contributed by atoms with Gasteiger partial charge in [0.2, 0.25) is 0 Å². The summed E-state index contributed by atoms with van der Waals surface area (Å²) in [6, 6.07) is 0. The van der Waals surface area contributed by atoms with Crippen LogP contribution < -0.4 is 0 Å². The molecule has 2 rings (SSSR count). The van der Waals surface area contributed by atoms with Gasteiger partial charge in [-0.15, -0.1) is 0 Å². The Hall–Kier alpha value is -1.68. The van der Waals surface area contributed by atoms with E-state index in [2.05, 4.69) is 6.58 Å². The van der Waals surface area contributed by atoms with Gasteiger partial charge in [0.1, 0.15) is 0 Å². The summed E-state index contributed by atoms with van der Waals surface area (Å²) < 4.78 is 5.04. The third-order valence-electron chi connectivity index (χ3n) is 2.68. The molecule has 0 bridgehead atoms. The Balaban J connectivity index is 2.50. The molecule has 0 saturated carbocycles. The SMILES string of the molecule is C=C/C=C1\C(=O)O[C@@]2(CO)C=CC(=O)[C@@H]12. The van der Waals surface area contributed by atoms with Crippen molar-refractivity contribution in [2.75, 3.05) is 6.61 Å². The Morgan fingerprint density at radius 2 is 2.33 bits per heavy atom. The Labute approximate surface area is 86.5 Å². The number of hydrogen-bond acceptors (Lipinski definition) is 4. The number of esters is 1. The Bertz CT molecular complexity index is 405. The molecule has 2 atom stereocenters. The highest BCUT2D eigenvalue weighted by atomic mass is 16.6. The van der Waals surface area contributed by atoms with Gasteiger partial charge in [-0.05, 0) is 12.2 Å². The van der Waals surface area contributed by atoms with E-state index in [1.165, 1.54) is 24.3 Å². The number of allylic oxidation sites excluding steroid dienone is 3. The number of aliphatic hydroxyl groups excluding tert-OH is 1. The summed E-state index contributed by atoms with van der Waals surface area (Å²) in [6.45, 7) is 3.08. The van der Waals surface area contributed by atoms with Crippen LogP contribution in [0.4, 0.5) is 0 Å². The summed E-state index contributed by atoms with van der Waals surface area (Å²) in [5, 5.41) is 9.21. The fourth-order valence-electron chi connectivity index (χ4n) is 1.98. The van der Waals surface area contributed by atoms with Crippen molar-refractivity contribution in [3.8, 4) is 0 Å². The minimum Gasteiger partial charge on any atom is -0.448 e. The topological polar surface area (TPSA) is 63.6 Å². The highest BCUT2D eigenvalue weighted by molar-refractivity contribution is 6.08. The van der Waals surface area contributed by atoms with Gasteiger partial charge in [0.15, 0.2) is 11.4 Å². The number of aliphatic hydroxyl groups is 1. The van der Waals surface area contributed by atoms with E-state index < -0.39 is 17.5 Å². The zero-order chi connectivity index (χ0) is 11.1. The van der Waals surface area contributed by atoms with E-state index in [-0.39, 0.29) is 18.0 Å². The highest BCUT2D eigenvalue weighted by Gasteiger charge is 2.56. The minimum absolute atomic E-state index is 0.219. The van der Waals surface area contributed by atoms with Crippen molar-refractivity contribution in [3.63, 3.8) is 0 Å². The Morgan fingerprint density at radius 3 is 2.93 bits per heavy atom. The minimum atomic E-state index is -1.18. The number of ether oxygens (including phenoxy) is 1. The van der Waals surface area contributed by atoms with Crippen molar-refractivity contribution in [2.24, 2.45) is 5.92 Å². The van der Waals surface area contributed by atoms with Crippen LogP contribution in [0.5, 0.6) is 0 Å². The molecular weight excluding hydrogens is 196 g/mol. The van der Waals surface area contributed by atoms with E-state index in [0.29, 0.717) is 0 Å².